The third kappa shape index (κ3) is 3.86. The van der Waals surface area contributed by atoms with Crippen molar-refractivity contribution < 1.29 is 22.7 Å². The van der Waals surface area contributed by atoms with Gasteiger partial charge in [-0.2, -0.15) is 13.2 Å². The van der Waals surface area contributed by atoms with E-state index in [2.05, 4.69) is 10.6 Å². The summed E-state index contributed by atoms with van der Waals surface area (Å²) >= 11 is 0. The zero-order valence-corrected chi connectivity index (χ0v) is 11.5. The van der Waals surface area contributed by atoms with Crippen molar-refractivity contribution in [1.29, 1.82) is 0 Å². The second kappa shape index (κ2) is 6.60. The maximum absolute atomic E-state index is 12.9. The van der Waals surface area contributed by atoms with Crippen LogP contribution in [-0.4, -0.2) is 32.7 Å². The van der Waals surface area contributed by atoms with Crippen molar-refractivity contribution in [2.24, 2.45) is 0 Å². The molecule has 0 aliphatic heterocycles. The van der Waals surface area contributed by atoms with Gasteiger partial charge in [-0.3, -0.25) is 4.79 Å². The van der Waals surface area contributed by atoms with Gasteiger partial charge in [-0.15, -0.1) is 0 Å². The van der Waals surface area contributed by atoms with E-state index in [9.17, 15) is 18.0 Å². The van der Waals surface area contributed by atoms with E-state index in [4.69, 9.17) is 4.74 Å². The van der Waals surface area contributed by atoms with Crippen LogP contribution in [0.4, 0.5) is 18.9 Å². The highest BCUT2D eigenvalue weighted by molar-refractivity contribution is 6.00. The van der Waals surface area contributed by atoms with Gasteiger partial charge in [-0.25, -0.2) is 0 Å². The average Bonchev–Trinajstić information content (AvgIpc) is 2.42. The van der Waals surface area contributed by atoms with Gasteiger partial charge < -0.3 is 15.4 Å². The number of carbonyl (C=O) groups is 1. The monoisotopic (exact) mass is 290 g/mol. The van der Waals surface area contributed by atoms with Gasteiger partial charge >= 0.3 is 6.18 Å². The van der Waals surface area contributed by atoms with Crippen molar-refractivity contribution in [3.05, 3.63) is 29.3 Å². The summed E-state index contributed by atoms with van der Waals surface area (Å²) in [7, 11) is 2.83. The lowest BCUT2D eigenvalue weighted by Gasteiger charge is -2.17. The second-order valence-corrected chi connectivity index (χ2v) is 4.23. The summed E-state index contributed by atoms with van der Waals surface area (Å²) in [5.74, 6) is -0.579. The molecule has 0 aliphatic rings. The number of methoxy groups -OCH3 is 1. The Morgan fingerprint density at radius 2 is 2.05 bits per heavy atom. The SMILES string of the molecule is CNc1c(C(=O)NCC(C)OC)cccc1C(F)(F)F. The summed E-state index contributed by atoms with van der Waals surface area (Å²) in [5.41, 5.74) is -1.15. The van der Waals surface area contributed by atoms with Crippen LogP contribution in [0.1, 0.15) is 22.8 Å². The molecule has 0 fully saturated rings. The first kappa shape index (κ1) is 16.3. The molecular formula is C13H17F3N2O2. The molecule has 0 radical (unpaired) electrons. The van der Waals surface area contributed by atoms with Crippen molar-refractivity contribution in [3.8, 4) is 0 Å². The molecule has 0 heterocycles. The zero-order chi connectivity index (χ0) is 15.3. The first-order valence-corrected chi connectivity index (χ1v) is 6.00. The average molecular weight is 290 g/mol. The number of anilines is 1. The third-order valence-electron chi connectivity index (χ3n) is 2.82. The number of benzene rings is 1. The fraction of sp³-hybridized carbons (Fsp3) is 0.462. The lowest BCUT2D eigenvalue weighted by Crippen LogP contribution is -2.32. The zero-order valence-electron chi connectivity index (χ0n) is 11.5. The molecule has 0 saturated carbocycles. The minimum absolute atomic E-state index is 0.0503. The molecule has 20 heavy (non-hydrogen) atoms. The highest BCUT2D eigenvalue weighted by Crippen LogP contribution is 2.36. The lowest BCUT2D eigenvalue weighted by atomic mass is 10.1. The van der Waals surface area contributed by atoms with Gasteiger partial charge in [-0.1, -0.05) is 6.07 Å². The van der Waals surface area contributed by atoms with Crippen LogP contribution in [0.25, 0.3) is 0 Å². The minimum Gasteiger partial charge on any atom is -0.387 e. The van der Waals surface area contributed by atoms with Crippen LogP contribution in [-0.2, 0) is 10.9 Å². The summed E-state index contributed by atoms with van der Waals surface area (Å²) in [4.78, 5) is 11.9. The van der Waals surface area contributed by atoms with Crippen molar-refractivity contribution >= 4 is 11.6 Å². The molecule has 0 aliphatic carbocycles. The Hall–Kier alpha value is -1.76. The molecular weight excluding hydrogens is 273 g/mol. The van der Waals surface area contributed by atoms with Gasteiger partial charge in [-0.05, 0) is 19.1 Å². The maximum Gasteiger partial charge on any atom is 0.418 e. The van der Waals surface area contributed by atoms with Crippen molar-refractivity contribution in [1.82, 2.24) is 5.32 Å². The number of para-hydroxylation sites is 1. The van der Waals surface area contributed by atoms with E-state index in [0.717, 1.165) is 6.07 Å². The summed E-state index contributed by atoms with van der Waals surface area (Å²) < 4.78 is 43.5. The largest absolute Gasteiger partial charge is 0.418 e. The minimum atomic E-state index is -4.52. The molecule has 2 N–H and O–H groups in total. The van der Waals surface area contributed by atoms with Gasteiger partial charge in [0.2, 0.25) is 0 Å². The van der Waals surface area contributed by atoms with E-state index in [0.29, 0.717) is 0 Å². The molecule has 1 rings (SSSR count). The first-order valence-electron chi connectivity index (χ1n) is 6.00. The number of hydrogen-bond acceptors (Lipinski definition) is 3. The maximum atomic E-state index is 12.9. The van der Waals surface area contributed by atoms with Crippen LogP contribution < -0.4 is 10.6 Å². The predicted molar refractivity (Wildman–Crippen MR) is 69.8 cm³/mol. The highest BCUT2D eigenvalue weighted by atomic mass is 19.4. The van der Waals surface area contributed by atoms with Crippen LogP contribution in [0.3, 0.4) is 0 Å². The van der Waals surface area contributed by atoms with Crippen LogP contribution in [0.2, 0.25) is 0 Å². The lowest BCUT2D eigenvalue weighted by molar-refractivity contribution is -0.136. The van der Waals surface area contributed by atoms with Gasteiger partial charge in [0.25, 0.3) is 5.91 Å². The van der Waals surface area contributed by atoms with Gasteiger partial charge in [0.15, 0.2) is 0 Å². The number of carbonyl (C=O) groups excluding carboxylic acids is 1. The number of alkyl halides is 3. The van der Waals surface area contributed by atoms with E-state index in [-0.39, 0.29) is 23.9 Å². The van der Waals surface area contributed by atoms with Crippen LogP contribution >= 0.6 is 0 Å². The Bertz CT molecular complexity index is 475. The number of hydrogen-bond donors (Lipinski definition) is 2. The van der Waals surface area contributed by atoms with Crippen molar-refractivity contribution in [2.45, 2.75) is 19.2 Å². The smallest absolute Gasteiger partial charge is 0.387 e. The molecule has 0 bridgehead atoms. The standard InChI is InChI=1S/C13H17F3N2O2/c1-8(20-3)7-18-12(19)9-5-4-6-10(11(9)17-2)13(14,15)16/h4-6,8,17H,7H2,1-3H3,(H,18,19). The molecule has 1 aromatic carbocycles. The van der Waals surface area contributed by atoms with E-state index >= 15 is 0 Å². The molecule has 0 saturated heterocycles. The summed E-state index contributed by atoms with van der Waals surface area (Å²) in [6, 6.07) is 3.48. The van der Waals surface area contributed by atoms with E-state index < -0.39 is 17.6 Å². The van der Waals surface area contributed by atoms with Crippen LogP contribution in [0.15, 0.2) is 18.2 Å². The number of ether oxygens (including phenoxy) is 1. The molecule has 1 unspecified atom stereocenters. The van der Waals surface area contributed by atoms with Crippen LogP contribution in [0, 0.1) is 0 Å². The molecule has 1 amide bonds. The van der Waals surface area contributed by atoms with E-state index in [1.165, 1.54) is 26.3 Å². The highest BCUT2D eigenvalue weighted by Gasteiger charge is 2.34. The van der Waals surface area contributed by atoms with Crippen LogP contribution in [0.5, 0.6) is 0 Å². The Labute approximate surface area is 115 Å². The van der Waals surface area contributed by atoms with Gasteiger partial charge in [0.05, 0.1) is 22.9 Å². The Kier molecular flexibility index (Phi) is 5.38. The molecule has 7 heteroatoms. The fourth-order valence-corrected chi connectivity index (χ4v) is 1.66. The normalized spacial score (nSPS) is 12.9. The number of amides is 1. The number of halogens is 3. The molecule has 0 spiro atoms. The third-order valence-corrected chi connectivity index (χ3v) is 2.82. The first-order chi connectivity index (χ1) is 9.31. The quantitative estimate of drug-likeness (QED) is 0.876. The van der Waals surface area contributed by atoms with Gasteiger partial charge in [0.1, 0.15) is 0 Å². The van der Waals surface area contributed by atoms with Gasteiger partial charge in [0, 0.05) is 20.7 Å². The topological polar surface area (TPSA) is 50.4 Å². The predicted octanol–water partition coefficient (Wildman–Crippen LogP) is 2.51. The Morgan fingerprint density at radius 1 is 1.40 bits per heavy atom. The molecule has 112 valence electrons. The van der Waals surface area contributed by atoms with E-state index in [1.54, 1.807) is 6.92 Å². The Morgan fingerprint density at radius 3 is 2.55 bits per heavy atom. The molecule has 1 atom stereocenters. The number of rotatable bonds is 5. The van der Waals surface area contributed by atoms with E-state index in [1.807, 2.05) is 0 Å². The molecule has 0 aromatic heterocycles. The fourth-order valence-electron chi connectivity index (χ4n) is 1.66. The summed E-state index contributed by atoms with van der Waals surface area (Å²) in [6.07, 6.45) is -4.74. The van der Waals surface area contributed by atoms with Crippen molar-refractivity contribution in [3.63, 3.8) is 0 Å². The number of nitrogens with one attached hydrogen (secondary N) is 2. The van der Waals surface area contributed by atoms with Crippen molar-refractivity contribution in [2.75, 3.05) is 26.0 Å². The molecule has 1 aromatic rings. The summed E-state index contributed by atoms with van der Waals surface area (Å²) in [5, 5.41) is 4.97. The summed E-state index contributed by atoms with van der Waals surface area (Å²) in [6.45, 7) is 1.96. The Balaban J connectivity index is 3.03. The second-order valence-electron chi connectivity index (χ2n) is 4.23. The molecule has 4 nitrogen and oxygen atoms in total.